The largest absolute Gasteiger partial charge is 0.444 e. The molecule has 20 heavy (non-hydrogen) atoms. The van der Waals surface area contributed by atoms with Gasteiger partial charge in [-0.3, -0.25) is 4.79 Å². The maximum Gasteiger partial charge on any atom is 0.407 e. The van der Waals surface area contributed by atoms with Crippen LogP contribution in [0.5, 0.6) is 0 Å². The highest BCUT2D eigenvalue weighted by Gasteiger charge is 2.28. The molecular weight excluding hydrogens is 324 g/mol. The van der Waals surface area contributed by atoms with Crippen molar-refractivity contribution < 1.29 is 14.3 Å². The first-order valence-electron chi connectivity index (χ1n) is 7.15. The van der Waals surface area contributed by atoms with E-state index in [1.165, 1.54) is 0 Å². The zero-order chi connectivity index (χ0) is 15.2. The second-order valence-electron chi connectivity index (χ2n) is 6.12. The second-order valence-corrected chi connectivity index (χ2v) is 6.91. The van der Waals surface area contributed by atoms with Crippen LogP contribution >= 0.6 is 15.9 Å². The number of hydrogen-bond donors (Lipinski definition) is 1. The van der Waals surface area contributed by atoms with Gasteiger partial charge in [0.15, 0.2) is 0 Å². The molecule has 6 heteroatoms. The van der Waals surface area contributed by atoms with Gasteiger partial charge in [-0.15, -0.1) is 0 Å². The lowest BCUT2D eigenvalue weighted by molar-refractivity contribution is -0.130. The summed E-state index contributed by atoms with van der Waals surface area (Å²) in [7, 11) is 0. The highest BCUT2D eigenvalue weighted by Crippen LogP contribution is 2.13. The van der Waals surface area contributed by atoms with E-state index in [0.29, 0.717) is 19.5 Å². The molecule has 5 nitrogen and oxygen atoms in total. The van der Waals surface area contributed by atoms with Gasteiger partial charge in [-0.1, -0.05) is 15.9 Å². The van der Waals surface area contributed by atoms with Crippen LogP contribution < -0.4 is 5.32 Å². The first-order valence-corrected chi connectivity index (χ1v) is 8.27. The molecule has 1 fully saturated rings. The SMILES string of the molecule is CC(C)(C)OC(=O)N[C@@H]1CCN(C(=O)CCCCBr)C1. The molecule has 0 unspecified atom stereocenters. The van der Waals surface area contributed by atoms with Gasteiger partial charge in [-0.25, -0.2) is 4.79 Å². The van der Waals surface area contributed by atoms with Gasteiger partial charge in [0.2, 0.25) is 5.91 Å². The van der Waals surface area contributed by atoms with E-state index in [2.05, 4.69) is 21.2 Å². The number of nitrogens with one attached hydrogen (secondary N) is 1. The quantitative estimate of drug-likeness (QED) is 0.613. The predicted molar refractivity (Wildman–Crippen MR) is 82.0 cm³/mol. The summed E-state index contributed by atoms with van der Waals surface area (Å²) in [4.78, 5) is 25.4. The van der Waals surface area contributed by atoms with Crippen LogP contribution in [0, 0.1) is 0 Å². The van der Waals surface area contributed by atoms with Gasteiger partial charge in [-0.05, 0) is 40.0 Å². The summed E-state index contributed by atoms with van der Waals surface area (Å²) in [6, 6.07) is 0.00461. The molecule has 1 aliphatic rings. The maximum atomic E-state index is 11.9. The molecule has 0 saturated carbocycles. The molecular formula is C14H25BrN2O3. The molecule has 0 aromatic carbocycles. The molecule has 0 aromatic rings. The normalized spacial score (nSPS) is 19.0. The number of alkyl carbamates (subject to hydrolysis) is 1. The Kier molecular flexibility index (Phi) is 6.79. The molecule has 0 bridgehead atoms. The highest BCUT2D eigenvalue weighted by atomic mass is 79.9. The lowest BCUT2D eigenvalue weighted by Crippen LogP contribution is -2.41. The highest BCUT2D eigenvalue weighted by molar-refractivity contribution is 9.09. The number of unbranched alkanes of at least 4 members (excludes halogenated alkanes) is 1. The summed E-state index contributed by atoms with van der Waals surface area (Å²) in [5.74, 6) is 0.180. The van der Waals surface area contributed by atoms with Crippen LogP contribution in [0.1, 0.15) is 46.5 Å². The smallest absolute Gasteiger partial charge is 0.407 e. The topological polar surface area (TPSA) is 58.6 Å². The number of amides is 2. The monoisotopic (exact) mass is 348 g/mol. The Balaban J connectivity index is 2.29. The van der Waals surface area contributed by atoms with E-state index >= 15 is 0 Å². The van der Waals surface area contributed by atoms with E-state index in [0.717, 1.165) is 24.6 Å². The molecule has 1 heterocycles. The van der Waals surface area contributed by atoms with Gasteiger partial charge in [0, 0.05) is 24.8 Å². The molecule has 0 spiro atoms. The van der Waals surface area contributed by atoms with Gasteiger partial charge >= 0.3 is 6.09 Å². The van der Waals surface area contributed by atoms with Crippen LogP contribution in [-0.2, 0) is 9.53 Å². The van der Waals surface area contributed by atoms with Crippen molar-refractivity contribution in [3.63, 3.8) is 0 Å². The van der Waals surface area contributed by atoms with Crippen molar-refractivity contribution in [2.45, 2.75) is 58.1 Å². The molecule has 1 N–H and O–H groups in total. The summed E-state index contributed by atoms with van der Waals surface area (Å²) < 4.78 is 5.22. The molecule has 116 valence electrons. The van der Waals surface area contributed by atoms with Crippen molar-refractivity contribution in [3.8, 4) is 0 Å². The van der Waals surface area contributed by atoms with Crippen molar-refractivity contribution in [2.24, 2.45) is 0 Å². The second kappa shape index (κ2) is 7.86. The van der Waals surface area contributed by atoms with Crippen molar-refractivity contribution in [1.29, 1.82) is 0 Å². The number of hydrogen-bond acceptors (Lipinski definition) is 3. The molecule has 0 radical (unpaired) electrons. The fraction of sp³-hybridized carbons (Fsp3) is 0.857. The first kappa shape index (κ1) is 17.3. The van der Waals surface area contributed by atoms with Crippen LogP contribution in [0.3, 0.4) is 0 Å². The molecule has 1 rings (SSSR count). The third kappa shape index (κ3) is 6.59. The number of carbonyl (C=O) groups excluding carboxylic acids is 2. The van der Waals surface area contributed by atoms with Gasteiger partial charge in [0.1, 0.15) is 5.60 Å². The number of alkyl halides is 1. The summed E-state index contributed by atoms with van der Waals surface area (Å²) in [6.07, 6.45) is 2.90. The Morgan fingerprint density at radius 3 is 2.65 bits per heavy atom. The van der Waals surface area contributed by atoms with Gasteiger partial charge in [0.25, 0.3) is 0 Å². The van der Waals surface area contributed by atoms with E-state index in [4.69, 9.17) is 4.74 Å². The van der Waals surface area contributed by atoms with E-state index in [1.807, 2.05) is 25.7 Å². The Hall–Kier alpha value is -0.780. The number of carbonyl (C=O) groups is 2. The Labute approximate surface area is 129 Å². The summed E-state index contributed by atoms with van der Waals surface area (Å²) in [5.41, 5.74) is -0.492. The van der Waals surface area contributed by atoms with Crippen molar-refractivity contribution in [1.82, 2.24) is 10.2 Å². The van der Waals surface area contributed by atoms with Crippen LogP contribution in [0.4, 0.5) is 4.79 Å². The number of rotatable bonds is 5. The van der Waals surface area contributed by atoms with E-state index in [-0.39, 0.29) is 11.9 Å². The number of halogens is 1. The number of likely N-dealkylation sites (tertiary alicyclic amines) is 1. The summed E-state index contributed by atoms with van der Waals surface area (Å²) in [6.45, 7) is 6.81. The number of ether oxygens (including phenoxy) is 1. The van der Waals surface area contributed by atoms with Gasteiger partial charge in [0.05, 0.1) is 6.04 Å². The molecule has 1 atom stereocenters. The molecule has 0 aromatic heterocycles. The van der Waals surface area contributed by atoms with E-state index in [1.54, 1.807) is 0 Å². The standard InChI is InChI=1S/C14H25BrN2O3/c1-14(2,3)20-13(19)16-11-7-9-17(10-11)12(18)6-4-5-8-15/h11H,4-10H2,1-3H3,(H,16,19)/t11-/m1/s1. The molecule has 1 saturated heterocycles. The van der Waals surface area contributed by atoms with Crippen molar-refractivity contribution in [2.75, 3.05) is 18.4 Å². The van der Waals surface area contributed by atoms with Crippen molar-refractivity contribution in [3.05, 3.63) is 0 Å². The third-order valence-electron chi connectivity index (χ3n) is 3.04. The fourth-order valence-corrected chi connectivity index (χ4v) is 2.50. The van der Waals surface area contributed by atoms with Crippen LogP contribution in [-0.4, -0.2) is 47.0 Å². The minimum atomic E-state index is -0.492. The van der Waals surface area contributed by atoms with Gasteiger partial charge in [-0.2, -0.15) is 0 Å². The molecule has 0 aliphatic carbocycles. The van der Waals surface area contributed by atoms with Crippen LogP contribution in [0.15, 0.2) is 0 Å². The fourth-order valence-electron chi connectivity index (χ4n) is 2.11. The average Bonchev–Trinajstić information content (AvgIpc) is 2.75. The maximum absolute atomic E-state index is 11.9. The average molecular weight is 349 g/mol. The first-order chi connectivity index (χ1) is 9.31. The molecule has 1 aliphatic heterocycles. The summed E-state index contributed by atoms with van der Waals surface area (Å²) >= 11 is 3.36. The number of nitrogens with zero attached hydrogens (tertiary/aromatic N) is 1. The van der Waals surface area contributed by atoms with E-state index < -0.39 is 11.7 Å². The Morgan fingerprint density at radius 2 is 2.05 bits per heavy atom. The lowest BCUT2D eigenvalue weighted by Gasteiger charge is -2.22. The van der Waals surface area contributed by atoms with E-state index in [9.17, 15) is 9.59 Å². The summed E-state index contributed by atoms with van der Waals surface area (Å²) in [5, 5.41) is 3.76. The minimum Gasteiger partial charge on any atom is -0.444 e. The van der Waals surface area contributed by atoms with Crippen molar-refractivity contribution >= 4 is 27.9 Å². The zero-order valence-corrected chi connectivity index (χ0v) is 14.2. The van der Waals surface area contributed by atoms with Crippen LogP contribution in [0.25, 0.3) is 0 Å². The predicted octanol–water partition coefficient (Wildman–Crippen LogP) is 2.68. The Bertz CT molecular complexity index is 342. The molecule has 2 amide bonds. The minimum absolute atomic E-state index is 0.00461. The third-order valence-corrected chi connectivity index (χ3v) is 3.60. The van der Waals surface area contributed by atoms with Gasteiger partial charge < -0.3 is 15.0 Å². The zero-order valence-electron chi connectivity index (χ0n) is 12.6. The Morgan fingerprint density at radius 1 is 1.35 bits per heavy atom. The lowest BCUT2D eigenvalue weighted by atomic mass is 10.2. The van der Waals surface area contributed by atoms with Crippen LogP contribution in [0.2, 0.25) is 0 Å².